The number of aromatic nitrogens is 2. The van der Waals surface area contributed by atoms with Crippen LogP contribution < -0.4 is 4.74 Å². The van der Waals surface area contributed by atoms with Crippen LogP contribution in [0, 0.1) is 6.92 Å². The SMILES string of the molecule is COc1ccc(C)cc1C(=O)CCC(=O)N1CCC[C@@H](c2nc3ccccc3[nH]2)C1. The lowest BCUT2D eigenvalue weighted by Gasteiger charge is -2.32. The van der Waals surface area contributed by atoms with E-state index in [4.69, 9.17) is 9.72 Å². The highest BCUT2D eigenvalue weighted by molar-refractivity contribution is 6.00. The molecule has 156 valence electrons. The highest BCUT2D eigenvalue weighted by atomic mass is 16.5. The third-order valence-corrected chi connectivity index (χ3v) is 5.79. The Bertz CT molecular complexity index is 1040. The molecule has 0 saturated carbocycles. The standard InChI is InChI=1S/C24H27N3O3/c1-16-9-11-22(30-2)18(14-16)21(28)10-12-23(29)27-13-5-6-17(15-27)24-25-19-7-3-4-8-20(19)26-24/h3-4,7-9,11,14,17H,5-6,10,12-13,15H2,1-2H3,(H,25,26)/t17-/m1/s1. The summed E-state index contributed by atoms with van der Waals surface area (Å²) in [5, 5.41) is 0. The lowest BCUT2D eigenvalue weighted by Crippen LogP contribution is -2.39. The molecule has 1 atom stereocenters. The van der Waals surface area contributed by atoms with Gasteiger partial charge in [0.1, 0.15) is 11.6 Å². The number of rotatable bonds is 6. The molecule has 6 nitrogen and oxygen atoms in total. The Morgan fingerprint density at radius 1 is 1.20 bits per heavy atom. The third kappa shape index (κ3) is 4.22. The van der Waals surface area contributed by atoms with Gasteiger partial charge in [0.25, 0.3) is 0 Å². The third-order valence-electron chi connectivity index (χ3n) is 5.79. The number of hydrogen-bond donors (Lipinski definition) is 1. The Labute approximate surface area is 176 Å². The summed E-state index contributed by atoms with van der Waals surface area (Å²) in [6, 6.07) is 13.5. The number of likely N-dealkylation sites (tertiary alicyclic amines) is 1. The average Bonchev–Trinajstić information content (AvgIpc) is 3.21. The summed E-state index contributed by atoms with van der Waals surface area (Å²) in [6.07, 6.45) is 2.34. The first-order valence-corrected chi connectivity index (χ1v) is 10.5. The van der Waals surface area contributed by atoms with Crippen molar-refractivity contribution in [3.63, 3.8) is 0 Å². The van der Waals surface area contributed by atoms with Crippen molar-refractivity contribution in [2.24, 2.45) is 0 Å². The van der Waals surface area contributed by atoms with E-state index in [0.717, 1.165) is 41.8 Å². The van der Waals surface area contributed by atoms with Crippen molar-refractivity contribution in [2.45, 2.75) is 38.5 Å². The maximum atomic E-state index is 12.8. The fourth-order valence-corrected chi connectivity index (χ4v) is 4.15. The van der Waals surface area contributed by atoms with Crippen molar-refractivity contribution in [1.82, 2.24) is 14.9 Å². The maximum absolute atomic E-state index is 12.8. The first kappa shape index (κ1) is 20.1. The van der Waals surface area contributed by atoms with Crippen molar-refractivity contribution in [1.29, 1.82) is 0 Å². The number of para-hydroxylation sites is 2. The molecule has 30 heavy (non-hydrogen) atoms. The second-order valence-electron chi connectivity index (χ2n) is 7.95. The number of H-pyrrole nitrogens is 1. The molecular weight excluding hydrogens is 378 g/mol. The number of aromatic amines is 1. The van der Waals surface area contributed by atoms with E-state index < -0.39 is 0 Å². The molecule has 1 N–H and O–H groups in total. The van der Waals surface area contributed by atoms with Gasteiger partial charge in [-0.2, -0.15) is 0 Å². The van der Waals surface area contributed by atoms with Crippen molar-refractivity contribution in [2.75, 3.05) is 20.2 Å². The van der Waals surface area contributed by atoms with Crippen LogP contribution in [-0.2, 0) is 4.79 Å². The van der Waals surface area contributed by atoms with Crippen LogP contribution >= 0.6 is 0 Å². The number of piperidine rings is 1. The number of carbonyl (C=O) groups excluding carboxylic acids is 2. The zero-order valence-corrected chi connectivity index (χ0v) is 17.5. The number of imidazole rings is 1. The van der Waals surface area contributed by atoms with E-state index in [1.54, 1.807) is 13.2 Å². The highest BCUT2D eigenvalue weighted by Crippen LogP contribution is 2.27. The van der Waals surface area contributed by atoms with Gasteiger partial charge in [-0.15, -0.1) is 0 Å². The molecule has 1 fully saturated rings. The van der Waals surface area contributed by atoms with Crippen molar-refractivity contribution >= 4 is 22.7 Å². The lowest BCUT2D eigenvalue weighted by molar-refractivity contribution is -0.132. The van der Waals surface area contributed by atoms with Crippen LogP contribution in [-0.4, -0.2) is 46.8 Å². The molecule has 3 aromatic rings. The average molecular weight is 405 g/mol. The molecule has 0 aliphatic carbocycles. The first-order chi connectivity index (χ1) is 14.5. The van der Waals surface area contributed by atoms with E-state index in [-0.39, 0.29) is 30.4 Å². The molecule has 1 aromatic heterocycles. The number of carbonyl (C=O) groups is 2. The van der Waals surface area contributed by atoms with Crippen LogP contribution in [0.2, 0.25) is 0 Å². The van der Waals surface area contributed by atoms with E-state index in [1.165, 1.54) is 0 Å². The van der Waals surface area contributed by atoms with Gasteiger partial charge in [-0.25, -0.2) is 4.98 Å². The molecule has 1 saturated heterocycles. The summed E-state index contributed by atoms with van der Waals surface area (Å²) in [4.78, 5) is 35.5. The minimum absolute atomic E-state index is 0.0239. The van der Waals surface area contributed by atoms with Crippen LogP contribution in [0.4, 0.5) is 0 Å². The summed E-state index contributed by atoms with van der Waals surface area (Å²) in [6.45, 7) is 3.31. The van der Waals surface area contributed by atoms with Gasteiger partial charge in [-0.05, 0) is 44.0 Å². The molecule has 0 bridgehead atoms. The zero-order valence-electron chi connectivity index (χ0n) is 17.5. The number of aryl methyl sites for hydroxylation is 1. The summed E-state index contributed by atoms with van der Waals surface area (Å²) < 4.78 is 5.31. The summed E-state index contributed by atoms with van der Waals surface area (Å²) in [5.74, 6) is 1.66. The topological polar surface area (TPSA) is 75.3 Å². The second kappa shape index (κ2) is 8.69. The number of hydrogen-bond acceptors (Lipinski definition) is 4. The zero-order chi connectivity index (χ0) is 21.1. The van der Waals surface area contributed by atoms with E-state index >= 15 is 0 Å². The number of amides is 1. The number of nitrogens with zero attached hydrogens (tertiary/aromatic N) is 2. The summed E-state index contributed by atoms with van der Waals surface area (Å²) in [7, 11) is 1.55. The van der Waals surface area contributed by atoms with Gasteiger partial charge in [0.2, 0.25) is 5.91 Å². The fraction of sp³-hybridized carbons (Fsp3) is 0.375. The minimum Gasteiger partial charge on any atom is -0.496 e. The first-order valence-electron chi connectivity index (χ1n) is 10.5. The van der Waals surface area contributed by atoms with E-state index in [1.807, 2.05) is 48.2 Å². The van der Waals surface area contributed by atoms with E-state index in [0.29, 0.717) is 17.9 Å². The summed E-state index contributed by atoms with van der Waals surface area (Å²) >= 11 is 0. The Hall–Kier alpha value is -3.15. The van der Waals surface area contributed by atoms with Gasteiger partial charge in [-0.1, -0.05) is 23.8 Å². The van der Waals surface area contributed by atoms with Crippen LogP contribution in [0.3, 0.4) is 0 Å². The molecule has 2 heterocycles. The summed E-state index contributed by atoms with van der Waals surface area (Å²) in [5.41, 5.74) is 3.52. The Morgan fingerprint density at radius 3 is 2.83 bits per heavy atom. The van der Waals surface area contributed by atoms with E-state index in [2.05, 4.69) is 4.98 Å². The number of methoxy groups -OCH3 is 1. The van der Waals surface area contributed by atoms with Crippen molar-refractivity contribution in [3.05, 3.63) is 59.4 Å². The fourth-order valence-electron chi connectivity index (χ4n) is 4.15. The number of benzene rings is 2. The second-order valence-corrected chi connectivity index (χ2v) is 7.95. The normalized spacial score (nSPS) is 16.6. The molecule has 0 spiro atoms. The molecule has 1 aliphatic heterocycles. The van der Waals surface area contributed by atoms with Gasteiger partial charge in [0, 0.05) is 31.8 Å². The van der Waals surface area contributed by atoms with Crippen LogP contribution in [0.15, 0.2) is 42.5 Å². The monoisotopic (exact) mass is 405 g/mol. The van der Waals surface area contributed by atoms with Gasteiger partial charge in [0.05, 0.1) is 23.7 Å². The predicted molar refractivity (Wildman–Crippen MR) is 116 cm³/mol. The van der Waals surface area contributed by atoms with Gasteiger partial charge in [0.15, 0.2) is 5.78 Å². The molecule has 0 unspecified atom stereocenters. The highest BCUT2D eigenvalue weighted by Gasteiger charge is 2.27. The molecule has 4 rings (SSSR count). The minimum atomic E-state index is -0.0604. The molecule has 1 amide bonds. The Morgan fingerprint density at radius 2 is 2.03 bits per heavy atom. The van der Waals surface area contributed by atoms with E-state index in [9.17, 15) is 9.59 Å². The number of ether oxygens (including phenoxy) is 1. The number of ketones is 1. The number of Topliss-reactive ketones (excluding diaryl/α,β-unsaturated/α-hetero) is 1. The number of nitrogens with one attached hydrogen (secondary N) is 1. The molecular formula is C24H27N3O3. The lowest BCUT2D eigenvalue weighted by atomic mass is 9.96. The van der Waals surface area contributed by atoms with Crippen LogP contribution in [0.1, 0.15) is 53.3 Å². The largest absolute Gasteiger partial charge is 0.496 e. The van der Waals surface area contributed by atoms with Crippen LogP contribution in [0.5, 0.6) is 5.75 Å². The maximum Gasteiger partial charge on any atom is 0.223 e. The number of fused-ring (bicyclic) bond motifs is 1. The Kier molecular flexibility index (Phi) is 5.84. The molecule has 0 radical (unpaired) electrons. The van der Waals surface area contributed by atoms with Gasteiger partial charge < -0.3 is 14.6 Å². The van der Waals surface area contributed by atoms with Crippen LogP contribution in [0.25, 0.3) is 11.0 Å². The Balaban J connectivity index is 1.39. The van der Waals surface area contributed by atoms with Gasteiger partial charge in [-0.3, -0.25) is 9.59 Å². The van der Waals surface area contributed by atoms with Crippen molar-refractivity contribution in [3.8, 4) is 5.75 Å². The smallest absolute Gasteiger partial charge is 0.223 e. The quantitative estimate of drug-likeness (QED) is 0.622. The molecule has 1 aliphatic rings. The predicted octanol–water partition coefficient (Wildman–Crippen LogP) is 4.25. The molecule has 6 heteroatoms. The van der Waals surface area contributed by atoms with Gasteiger partial charge >= 0.3 is 0 Å². The van der Waals surface area contributed by atoms with Crippen molar-refractivity contribution < 1.29 is 14.3 Å². The molecule has 2 aromatic carbocycles.